The van der Waals surface area contributed by atoms with Crippen LogP contribution in [0.4, 0.5) is 4.39 Å². The van der Waals surface area contributed by atoms with Crippen molar-refractivity contribution in [1.82, 2.24) is 5.32 Å². The summed E-state index contributed by atoms with van der Waals surface area (Å²) in [6.45, 7) is -0.215. The first-order valence-corrected chi connectivity index (χ1v) is 8.83. The molecule has 0 heterocycles. The van der Waals surface area contributed by atoms with Crippen molar-refractivity contribution in [3.8, 4) is 11.5 Å². The number of halogens is 1. The van der Waals surface area contributed by atoms with Crippen LogP contribution >= 0.6 is 0 Å². The van der Waals surface area contributed by atoms with E-state index in [2.05, 4.69) is 5.32 Å². The Bertz CT molecular complexity index is 527. The standard InChI is InChI=1S/C19H28FNO3/c1-24-18-12-15(7-10-17(18)22)13-19(23)21-16-8-5-14(6-9-16)4-2-3-11-20/h7,10,12,14,16,22H,2-6,8-9,11,13H2,1H3,(H,21,23)/t14-,16-. The van der Waals surface area contributed by atoms with Crippen LogP contribution in [0.1, 0.15) is 50.5 Å². The Labute approximate surface area is 143 Å². The molecule has 2 N–H and O–H groups in total. The van der Waals surface area contributed by atoms with Gasteiger partial charge in [0.25, 0.3) is 0 Å². The predicted molar refractivity (Wildman–Crippen MR) is 92.1 cm³/mol. The number of phenolic OH excluding ortho intramolecular Hbond substituents is 1. The molecule has 134 valence electrons. The van der Waals surface area contributed by atoms with Crippen LogP contribution in [0.5, 0.6) is 11.5 Å². The van der Waals surface area contributed by atoms with Gasteiger partial charge in [0.15, 0.2) is 11.5 Å². The van der Waals surface area contributed by atoms with E-state index < -0.39 is 0 Å². The fourth-order valence-corrected chi connectivity index (χ4v) is 3.42. The molecule has 1 saturated carbocycles. The molecular formula is C19H28FNO3. The third-order valence-electron chi connectivity index (χ3n) is 4.82. The number of carbonyl (C=O) groups is 1. The van der Waals surface area contributed by atoms with Crippen molar-refractivity contribution in [2.75, 3.05) is 13.8 Å². The lowest BCUT2D eigenvalue weighted by molar-refractivity contribution is -0.121. The lowest BCUT2D eigenvalue weighted by Gasteiger charge is -2.29. The highest BCUT2D eigenvalue weighted by atomic mass is 19.1. The van der Waals surface area contributed by atoms with Crippen molar-refractivity contribution >= 4 is 5.91 Å². The molecule has 0 saturated heterocycles. The van der Waals surface area contributed by atoms with Gasteiger partial charge in [0.05, 0.1) is 20.2 Å². The van der Waals surface area contributed by atoms with Crippen molar-refractivity contribution in [3.63, 3.8) is 0 Å². The lowest BCUT2D eigenvalue weighted by atomic mass is 9.83. The second-order valence-corrected chi connectivity index (χ2v) is 6.65. The van der Waals surface area contributed by atoms with Gasteiger partial charge in [-0.25, -0.2) is 0 Å². The van der Waals surface area contributed by atoms with E-state index in [1.807, 2.05) is 0 Å². The molecule has 0 aromatic heterocycles. The number of rotatable bonds is 8. The molecule has 24 heavy (non-hydrogen) atoms. The quantitative estimate of drug-likeness (QED) is 0.710. The molecule has 0 radical (unpaired) electrons. The number of nitrogens with one attached hydrogen (secondary N) is 1. The summed E-state index contributed by atoms with van der Waals surface area (Å²) in [7, 11) is 1.49. The van der Waals surface area contributed by atoms with Gasteiger partial charge >= 0.3 is 0 Å². The van der Waals surface area contributed by atoms with Crippen LogP contribution in [-0.2, 0) is 11.2 Å². The first kappa shape index (κ1) is 18.6. The van der Waals surface area contributed by atoms with Crippen LogP contribution in [-0.4, -0.2) is 30.8 Å². The smallest absolute Gasteiger partial charge is 0.224 e. The highest BCUT2D eigenvalue weighted by Gasteiger charge is 2.22. The van der Waals surface area contributed by atoms with E-state index in [-0.39, 0.29) is 30.8 Å². The molecule has 1 fully saturated rings. The number of hydrogen-bond donors (Lipinski definition) is 2. The number of carbonyl (C=O) groups excluding carboxylic acids is 1. The summed E-state index contributed by atoms with van der Waals surface area (Å²) in [6.07, 6.45) is 7.28. The van der Waals surface area contributed by atoms with Gasteiger partial charge in [-0.3, -0.25) is 9.18 Å². The fraction of sp³-hybridized carbons (Fsp3) is 0.632. The molecule has 4 nitrogen and oxygen atoms in total. The van der Waals surface area contributed by atoms with Gasteiger partial charge in [-0.05, 0) is 55.7 Å². The summed E-state index contributed by atoms with van der Waals surface area (Å²) in [4.78, 5) is 12.2. The van der Waals surface area contributed by atoms with Crippen molar-refractivity contribution in [2.24, 2.45) is 5.92 Å². The normalized spacial score (nSPS) is 20.6. The molecule has 0 spiro atoms. The molecule has 1 aromatic carbocycles. The summed E-state index contributed by atoms with van der Waals surface area (Å²) in [5.41, 5.74) is 0.821. The SMILES string of the molecule is COc1cc(CC(=O)N[C@H]2CC[C@H](CCCCF)CC2)ccc1O. The maximum atomic E-state index is 12.2. The van der Waals surface area contributed by atoms with E-state index in [0.29, 0.717) is 18.1 Å². The number of hydrogen-bond acceptors (Lipinski definition) is 3. The second kappa shape index (κ2) is 9.50. The van der Waals surface area contributed by atoms with Crippen LogP contribution in [0.25, 0.3) is 0 Å². The highest BCUT2D eigenvalue weighted by molar-refractivity contribution is 5.79. The van der Waals surface area contributed by atoms with Gasteiger partial charge in [0.1, 0.15) is 0 Å². The topological polar surface area (TPSA) is 58.6 Å². The Hall–Kier alpha value is -1.78. The van der Waals surface area contributed by atoms with Gasteiger partial charge in [-0.2, -0.15) is 0 Å². The Balaban J connectivity index is 1.73. The van der Waals surface area contributed by atoms with E-state index in [1.165, 1.54) is 7.11 Å². The van der Waals surface area contributed by atoms with E-state index in [0.717, 1.165) is 44.1 Å². The summed E-state index contributed by atoms with van der Waals surface area (Å²) in [5.74, 6) is 1.15. The first-order chi connectivity index (χ1) is 11.6. The van der Waals surface area contributed by atoms with E-state index in [1.54, 1.807) is 18.2 Å². The average molecular weight is 337 g/mol. The zero-order chi connectivity index (χ0) is 17.4. The number of ether oxygens (including phenoxy) is 1. The molecule has 1 amide bonds. The lowest BCUT2D eigenvalue weighted by Crippen LogP contribution is -2.38. The molecule has 1 aromatic rings. The van der Waals surface area contributed by atoms with Crippen molar-refractivity contribution in [3.05, 3.63) is 23.8 Å². The summed E-state index contributed by atoms with van der Waals surface area (Å²) < 4.78 is 17.2. The second-order valence-electron chi connectivity index (χ2n) is 6.65. The van der Waals surface area contributed by atoms with Crippen LogP contribution in [0.2, 0.25) is 0 Å². The summed E-state index contributed by atoms with van der Waals surface area (Å²) >= 11 is 0. The summed E-state index contributed by atoms with van der Waals surface area (Å²) in [6, 6.07) is 5.22. The van der Waals surface area contributed by atoms with E-state index in [4.69, 9.17) is 4.74 Å². The zero-order valence-electron chi connectivity index (χ0n) is 14.4. The van der Waals surface area contributed by atoms with Crippen LogP contribution in [0, 0.1) is 5.92 Å². The number of amides is 1. The largest absolute Gasteiger partial charge is 0.504 e. The molecule has 2 rings (SSSR count). The first-order valence-electron chi connectivity index (χ1n) is 8.83. The molecule has 0 atom stereocenters. The molecular weight excluding hydrogens is 309 g/mol. The molecule has 1 aliphatic rings. The van der Waals surface area contributed by atoms with E-state index >= 15 is 0 Å². The molecule has 5 heteroatoms. The molecule has 0 unspecified atom stereocenters. The minimum absolute atomic E-state index is 0.00335. The Morgan fingerprint density at radius 3 is 2.71 bits per heavy atom. The number of unbranched alkanes of at least 4 members (excludes halogenated alkanes) is 1. The number of phenols is 1. The van der Waals surface area contributed by atoms with Crippen molar-refractivity contribution < 1.29 is 19.0 Å². The molecule has 1 aliphatic carbocycles. The van der Waals surface area contributed by atoms with E-state index in [9.17, 15) is 14.3 Å². The highest BCUT2D eigenvalue weighted by Crippen LogP contribution is 2.29. The third kappa shape index (κ3) is 5.69. The average Bonchev–Trinajstić information content (AvgIpc) is 2.58. The molecule has 0 aliphatic heterocycles. The maximum absolute atomic E-state index is 12.2. The van der Waals surface area contributed by atoms with Gasteiger partial charge < -0.3 is 15.2 Å². The van der Waals surface area contributed by atoms with Crippen LogP contribution < -0.4 is 10.1 Å². The number of aromatic hydroxyl groups is 1. The van der Waals surface area contributed by atoms with Crippen LogP contribution in [0.3, 0.4) is 0 Å². The number of methoxy groups -OCH3 is 1. The van der Waals surface area contributed by atoms with Gasteiger partial charge in [0, 0.05) is 6.04 Å². The minimum Gasteiger partial charge on any atom is -0.504 e. The predicted octanol–water partition coefficient (Wildman–Crippen LogP) is 3.76. The van der Waals surface area contributed by atoms with Crippen LogP contribution in [0.15, 0.2) is 18.2 Å². The third-order valence-corrected chi connectivity index (χ3v) is 4.82. The maximum Gasteiger partial charge on any atom is 0.224 e. The number of benzene rings is 1. The van der Waals surface area contributed by atoms with Crippen molar-refractivity contribution in [1.29, 1.82) is 0 Å². The fourth-order valence-electron chi connectivity index (χ4n) is 3.42. The zero-order valence-corrected chi connectivity index (χ0v) is 14.4. The minimum atomic E-state index is -0.215. The monoisotopic (exact) mass is 337 g/mol. The van der Waals surface area contributed by atoms with Gasteiger partial charge in [0.2, 0.25) is 5.91 Å². The molecule has 0 bridgehead atoms. The summed E-state index contributed by atoms with van der Waals surface area (Å²) in [5, 5.41) is 12.7. The Morgan fingerprint density at radius 1 is 1.29 bits per heavy atom. The number of alkyl halides is 1. The van der Waals surface area contributed by atoms with Gasteiger partial charge in [-0.1, -0.05) is 18.9 Å². The Kier molecular flexibility index (Phi) is 7.35. The Morgan fingerprint density at radius 2 is 2.04 bits per heavy atom. The van der Waals surface area contributed by atoms with Gasteiger partial charge in [-0.15, -0.1) is 0 Å². The van der Waals surface area contributed by atoms with Crippen molar-refractivity contribution in [2.45, 2.75) is 57.4 Å².